The third-order valence-corrected chi connectivity index (χ3v) is 11.4. The monoisotopic (exact) mass is 828 g/mol. The van der Waals surface area contributed by atoms with E-state index in [1.54, 1.807) is 0 Å². The molecular weight excluding hydrogens is 761 g/mol. The fraction of sp³-hybridized carbons (Fsp3) is 0.463. The maximum atomic E-state index is 13.7. The van der Waals surface area contributed by atoms with Crippen LogP contribution in [0.5, 0.6) is 11.5 Å². The average Bonchev–Trinajstić information content (AvgIpc) is 3.80. The van der Waals surface area contributed by atoms with Crippen LogP contribution in [0.2, 0.25) is 0 Å². The lowest BCUT2D eigenvalue weighted by Crippen LogP contribution is -2.41. The maximum absolute atomic E-state index is 13.7. The fourth-order valence-corrected chi connectivity index (χ4v) is 8.29. The van der Waals surface area contributed by atoms with E-state index in [0.29, 0.717) is 17.9 Å². The van der Waals surface area contributed by atoms with Crippen molar-refractivity contribution in [3.05, 3.63) is 107 Å². The zero-order valence-corrected chi connectivity index (χ0v) is 38.9. The number of ether oxygens (including phenoxy) is 4. The highest BCUT2D eigenvalue weighted by Crippen LogP contribution is 2.39. The fourth-order valence-electron chi connectivity index (χ4n) is 8.29. The molecule has 0 saturated carbocycles. The van der Waals surface area contributed by atoms with Crippen LogP contribution >= 0.6 is 0 Å². The lowest BCUT2D eigenvalue weighted by Gasteiger charge is -2.37. The standard InChI is InChI=1S/C54H68O7/c1-14-37-24-34(3)16-22-44(37)49-26-39-18-20-41(28-47(39)59-49)56-32-43(58-36(5)30-54(12,13)61-51(55)46(53(9,10)11)31-52(6,7)8)33-57-42-21-19-40-27-50(60-48(40)29-42)45-23-17-35(4)25-38(45)15-2/h16-29,36,43,46H,14-15,30-33H2,1-13H3. The topological polar surface area (TPSA) is 80.3 Å². The van der Waals surface area contributed by atoms with Crippen LogP contribution in [-0.4, -0.2) is 37.0 Å². The first-order valence-corrected chi connectivity index (χ1v) is 22.1. The van der Waals surface area contributed by atoms with Gasteiger partial charge in [0.25, 0.3) is 0 Å². The Balaban J connectivity index is 1.19. The van der Waals surface area contributed by atoms with E-state index in [2.05, 4.69) is 118 Å². The van der Waals surface area contributed by atoms with Gasteiger partial charge in [0.05, 0.1) is 12.0 Å². The molecule has 2 unspecified atom stereocenters. The van der Waals surface area contributed by atoms with Crippen LogP contribution in [0.15, 0.2) is 93.8 Å². The predicted octanol–water partition coefficient (Wildman–Crippen LogP) is 14.3. The van der Waals surface area contributed by atoms with Gasteiger partial charge in [0.2, 0.25) is 0 Å². The number of esters is 1. The molecule has 7 nitrogen and oxygen atoms in total. The van der Waals surface area contributed by atoms with E-state index in [1.807, 2.05) is 57.2 Å². The van der Waals surface area contributed by atoms with Crippen molar-refractivity contribution in [1.29, 1.82) is 0 Å². The molecule has 0 saturated heterocycles. The molecular formula is C54H68O7. The predicted molar refractivity (Wildman–Crippen MR) is 249 cm³/mol. The van der Waals surface area contributed by atoms with Crippen LogP contribution in [0.1, 0.15) is 111 Å². The molecule has 2 heterocycles. The highest BCUT2D eigenvalue weighted by Gasteiger charge is 2.39. The second kappa shape index (κ2) is 18.5. The van der Waals surface area contributed by atoms with E-state index in [9.17, 15) is 4.79 Å². The van der Waals surface area contributed by atoms with E-state index in [0.717, 1.165) is 63.8 Å². The minimum Gasteiger partial charge on any atom is -0.491 e. The number of hydrogen-bond donors (Lipinski definition) is 0. The summed E-state index contributed by atoms with van der Waals surface area (Å²) in [6.07, 6.45) is 2.31. The first-order chi connectivity index (χ1) is 28.7. The summed E-state index contributed by atoms with van der Waals surface area (Å²) >= 11 is 0. The van der Waals surface area contributed by atoms with Crippen LogP contribution in [0.4, 0.5) is 0 Å². The first kappa shape index (κ1) is 45.5. The van der Waals surface area contributed by atoms with Crippen LogP contribution in [0.3, 0.4) is 0 Å². The quantitative estimate of drug-likeness (QED) is 0.0847. The molecule has 0 aliphatic heterocycles. The van der Waals surface area contributed by atoms with Gasteiger partial charge >= 0.3 is 5.97 Å². The van der Waals surface area contributed by atoms with Gasteiger partial charge in [-0.15, -0.1) is 0 Å². The van der Waals surface area contributed by atoms with Gasteiger partial charge in [0.15, 0.2) is 0 Å². The van der Waals surface area contributed by atoms with Crippen molar-refractivity contribution < 1.29 is 32.6 Å². The largest absolute Gasteiger partial charge is 0.491 e. The molecule has 0 aliphatic rings. The van der Waals surface area contributed by atoms with Gasteiger partial charge in [-0.3, -0.25) is 4.79 Å². The number of rotatable bonds is 17. The van der Waals surface area contributed by atoms with E-state index < -0.39 is 11.7 Å². The summed E-state index contributed by atoms with van der Waals surface area (Å²) in [5.74, 6) is 2.61. The lowest BCUT2D eigenvalue weighted by atomic mass is 9.72. The van der Waals surface area contributed by atoms with Crippen molar-refractivity contribution in [3.8, 4) is 34.1 Å². The first-order valence-electron chi connectivity index (χ1n) is 22.1. The number of fused-ring (bicyclic) bond motifs is 2. The summed E-state index contributed by atoms with van der Waals surface area (Å²) in [7, 11) is 0. The molecule has 2 atom stereocenters. The van der Waals surface area contributed by atoms with Crippen LogP contribution in [-0.2, 0) is 27.1 Å². The molecule has 0 radical (unpaired) electrons. The van der Waals surface area contributed by atoms with Crippen molar-refractivity contribution in [2.24, 2.45) is 16.7 Å². The van der Waals surface area contributed by atoms with Crippen molar-refractivity contribution in [2.45, 2.75) is 134 Å². The average molecular weight is 829 g/mol. The molecule has 0 spiro atoms. The van der Waals surface area contributed by atoms with Gasteiger partial charge in [-0.2, -0.15) is 0 Å². The Labute approximate surface area is 364 Å². The number of furan rings is 2. The molecule has 2 aromatic heterocycles. The number of carbonyl (C=O) groups excluding carboxylic acids is 1. The Bertz CT molecular complexity index is 2300. The minimum absolute atomic E-state index is 0.0163. The van der Waals surface area contributed by atoms with Gasteiger partial charge < -0.3 is 27.8 Å². The normalized spacial score (nSPS) is 13.5. The van der Waals surface area contributed by atoms with Crippen molar-refractivity contribution in [1.82, 2.24) is 0 Å². The van der Waals surface area contributed by atoms with Crippen LogP contribution < -0.4 is 9.47 Å². The molecule has 326 valence electrons. The third kappa shape index (κ3) is 11.9. The summed E-state index contributed by atoms with van der Waals surface area (Å²) in [5.41, 5.74) is 7.67. The Morgan fingerprint density at radius 2 is 1.10 bits per heavy atom. The number of hydrogen-bond acceptors (Lipinski definition) is 7. The summed E-state index contributed by atoms with van der Waals surface area (Å²) in [6, 6.07) is 29.0. The Morgan fingerprint density at radius 1 is 0.623 bits per heavy atom. The van der Waals surface area contributed by atoms with E-state index in [1.165, 1.54) is 22.3 Å². The lowest BCUT2D eigenvalue weighted by molar-refractivity contribution is -0.171. The summed E-state index contributed by atoms with van der Waals surface area (Å²) in [6.45, 7) is 27.8. The molecule has 0 bridgehead atoms. The van der Waals surface area contributed by atoms with Gasteiger partial charge in [-0.1, -0.05) is 103 Å². The summed E-state index contributed by atoms with van der Waals surface area (Å²) in [5, 5.41) is 2.01. The Hall–Kier alpha value is -5.01. The van der Waals surface area contributed by atoms with E-state index in [-0.39, 0.29) is 42.0 Å². The van der Waals surface area contributed by atoms with Crippen LogP contribution in [0, 0.1) is 30.6 Å². The zero-order valence-electron chi connectivity index (χ0n) is 38.9. The van der Waals surface area contributed by atoms with Crippen LogP contribution in [0.25, 0.3) is 44.6 Å². The molecule has 4 aromatic carbocycles. The van der Waals surface area contributed by atoms with E-state index >= 15 is 0 Å². The molecule has 7 heteroatoms. The van der Waals surface area contributed by atoms with Gasteiger partial charge in [0, 0.05) is 40.5 Å². The number of aryl methyl sites for hydroxylation is 4. The minimum atomic E-state index is -0.765. The second-order valence-corrected chi connectivity index (χ2v) is 19.9. The molecule has 6 aromatic rings. The van der Waals surface area contributed by atoms with Gasteiger partial charge in [-0.05, 0) is 112 Å². The molecule has 0 fully saturated rings. The second-order valence-electron chi connectivity index (χ2n) is 19.9. The molecule has 0 N–H and O–H groups in total. The van der Waals surface area contributed by atoms with Crippen molar-refractivity contribution in [3.63, 3.8) is 0 Å². The van der Waals surface area contributed by atoms with Gasteiger partial charge in [0.1, 0.15) is 59.1 Å². The Kier molecular flexibility index (Phi) is 13.8. The van der Waals surface area contributed by atoms with Crippen molar-refractivity contribution >= 4 is 27.9 Å². The molecule has 0 amide bonds. The molecule has 6 rings (SSSR count). The number of benzene rings is 4. The smallest absolute Gasteiger partial charge is 0.310 e. The molecule has 0 aliphatic carbocycles. The highest BCUT2D eigenvalue weighted by molar-refractivity contribution is 5.85. The molecule has 61 heavy (non-hydrogen) atoms. The number of carbonyl (C=O) groups is 1. The highest BCUT2D eigenvalue weighted by atomic mass is 16.6. The third-order valence-electron chi connectivity index (χ3n) is 11.4. The van der Waals surface area contributed by atoms with Gasteiger partial charge in [-0.25, -0.2) is 0 Å². The summed E-state index contributed by atoms with van der Waals surface area (Å²) in [4.78, 5) is 13.7. The van der Waals surface area contributed by atoms with Crippen molar-refractivity contribution in [2.75, 3.05) is 13.2 Å². The maximum Gasteiger partial charge on any atom is 0.310 e. The summed E-state index contributed by atoms with van der Waals surface area (Å²) < 4.78 is 38.6. The SMILES string of the molecule is CCc1cc(C)ccc1-c1cc2ccc(OCC(COc3ccc4cc(-c5ccc(C)cc5CC)oc4c3)OC(C)CC(C)(C)OC(=O)C(CC(C)(C)C)C(C)(C)C)cc2o1. The zero-order chi connectivity index (χ0) is 44.3. The van der Waals surface area contributed by atoms with E-state index in [4.69, 9.17) is 27.8 Å². The Morgan fingerprint density at radius 3 is 1.52 bits per heavy atom.